The van der Waals surface area contributed by atoms with Crippen molar-refractivity contribution in [3.8, 4) is 5.82 Å². The van der Waals surface area contributed by atoms with Crippen molar-refractivity contribution in [3.05, 3.63) is 35.0 Å². The maximum Gasteiger partial charge on any atom is 0.358 e. The summed E-state index contributed by atoms with van der Waals surface area (Å²) in [6, 6.07) is 4.03. The second-order valence-corrected chi connectivity index (χ2v) is 5.04. The molecular formula is C14H17N3O2. The maximum atomic E-state index is 11.9. The van der Waals surface area contributed by atoms with Crippen LogP contribution in [0, 0.1) is 13.8 Å². The van der Waals surface area contributed by atoms with Gasteiger partial charge in [0, 0.05) is 17.3 Å². The van der Waals surface area contributed by atoms with E-state index in [4.69, 9.17) is 4.74 Å². The molecule has 1 saturated carbocycles. The zero-order valence-corrected chi connectivity index (χ0v) is 11.4. The summed E-state index contributed by atoms with van der Waals surface area (Å²) in [5.74, 6) is 1.63. The summed E-state index contributed by atoms with van der Waals surface area (Å²) >= 11 is 0. The Morgan fingerprint density at radius 3 is 2.53 bits per heavy atom. The zero-order chi connectivity index (χ0) is 13.6. The van der Waals surface area contributed by atoms with Gasteiger partial charge in [-0.05, 0) is 38.8 Å². The highest BCUT2D eigenvalue weighted by atomic mass is 16.5. The number of aryl methyl sites for hydroxylation is 2. The number of carbonyl (C=O) groups excluding carboxylic acids is 1. The van der Waals surface area contributed by atoms with Crippen molar-refractivity contribution in [1.82, 2.24) is 14.5 Å². The van der Waals surface area contributed by atoms with Gasteiger partial charge >= 0.3 is 5.97 Å². The van der Waals surface area contributed by atoms with Gasteiger partial charge < -0.3 is 14.3 Å². The van der Waals surface area contributed by atoms with E-state index in [1.807, 2.05) is 30.5 Å². The van der Waals surface area contributed by atoms with Crippen LogP contribution in [0.1, 0.15) is 46.5 Å². The largest absolute Gasteiger partial charge is 0.464 e. The highest BCUT2D eigenvalue weighted by molar-refractivity contribution is 5.90. The molecule has 0 unspecified atom stereocenters. The number of esters is 1. The SMILES string of the molecule is COC(=O)c1[nH]c(C2CC2)nc1-n1c(C)ccc1C. The number of nitrogens with zero attached hydrogens (tertiary/aromatic N) is 2. The Morgan fingerprint density at radius 2 is 2.00 bits per heavy atom. The van der Waals surface area contributed by atoms with Gasteiger partial charge in [0.2, 0.25) is 0 Å². The predicted octanol–water partition coefficient (Wildman–Crippen LogP) is 2.48. The van der Waals surface area contributed by atoms with E-state index in [2.05, 4.69) is 9.97 Å². The van der Waals surface area contributed by atoms with Gasteiger partial charge in [0.05, 0.1) is 7.11 Å². The first-order chi connectivity index (χ1) is 9.11. The molecule has 0 saturated heterocycles. The topological polar surface area (TPSA) is 59.9 Å². The Balaban J connectivity index is 2.15. The van der Waals surface area contributed by atoms with Gasteiger partial charge in [-0.15, -0.1) is 0 Å². The monoisotopic (exact) mass is 259 g/mol. The van der Waals surface area contributed by atoms with E-state index in [9.17, 15) is 4.79 Å². The molecule has 0 atom stereocenters. The highest BCUT2D eigenvalue weighted by Crippen LogP contribution is 2.39. The minimum atomic E-state index is -0.373. The highest BCUT2D eigenvalue weighted by Gasteiger charge is 2.30. The molecule has 2 aromatic heterocycles. The number of hydrogen-bond acceptors (Lipinski definition) is 3. The summed E-state index contributed by atoms with van der Waals surface area (Å²) < 4.78 is 6.83. The Bertz CT molecular complexity index is 616. The molecular weight excluding hydrogens is 242 g/mol. The first kappa shape index (κ1) is 12.0. The molecule has 0 bridgehead atoms. The fraction of sp³-hybridized carbons (Fsp3) is 0.429. The molecule has 2 heterocycles. The fourth-order valence-electron chi connectivity index (χ4n) is 2.34. The van der Waals surface area contributed by atoms with E-state index >= 15 is 0 Å². The summed E-state index contributed by atoms with van der Waals surface area (Å²) in [5.41, 5.74) is 2.54. The molecule has 1 fully saturated rings. The first-order valence-corrected chi connectivity index (χ1v) is 6.45. The summed E-state index contributed by atoms with van der Waals surface area (Å²) in [5, 5.41) is 0. The summed E-state index contributed by atoms with van der Waals surface area (Å²) in [6.45, 7) is 4.00. The van der Waals surface area contributed by atoms with Gasteiger partial charge in [0.15, 0.2) is 11.5 Å². The Hall–Kier alpha value is -2.04. The van der Waals surface area contributed by atoms with Crippen molar-refractivity contribution in [3.63, 3.8) is 0 Å². The maximum absolute atomic E-state index is 11.9. The lowest BCUT2D eigenvalue weighted by Crippen LogP contribution is -2.09. The molecule has 19 heavy (non-hydrogen) atoms. The number of nitrogens with one attached hydrogen (secondary N) is 1. The van der Waals surface area contributed by atoms with E-state index in [1.165, 1.54) is 7.11 Å². The summed E-state index contributed by atoms with van der Waals surface area (Å²) in [4.78, 5) is 19.6. The lowest BCUT2D eigenvalue weighted by atomic mass is 10.4. The molecule has 100 valence electrons. The zero-order valence-electron chi connectivity index (χ0n) is 11.4. The number of hydrogen-bond donors (Lipinski definition) is 1. The number of aromatic nitrogens is 3. The van der Waals surface area contributed by atoms with Crippen LogP contribution < -0.4 is 0 Å². The molecule has 2 aromatic rings. The van der Waals surface area contributed by atoms with Gasteiger partial charge in [-0.3, -0.25) is 0 Å². The molecule has 1 N–H and O–H groups in total. The van der Waals surface area contributed by atoms with Crippen molar-refractivity contribution < 1.29 is 9.53 Å². The van der Waals surface area contributed by atoms with Crippen LogP contribution in [0.3, 0.4) is 0 Å². The quantitative estimate of drug-likeness (QED) is 0.861. The van der Waals surface area contributed by atoms with Gasteiger partial charge in [-0.25, -0.2) is 9.78 Å². The van der Waals surface area contributed by atoms with Crippen LogP contribution in [-0.4, -0.2) is 27.6 Å². The third kappa shape index (κ3) is 1.95. The number of H-pyrrole nitrogens is 1. The van der Waals surface area contributed by atoms with Gasteiger partial charge in [0.25, 0.3) is 0 Å². The molecule has 0 spiro atoms. The van der Waals surface area contributed by atoms with Crippen LogP contribution in [0.4, 0.5) is 0 Å². The number of rotatable bonds is 3. The second kappa shape index (κ2) is 4.26. The van der Waals surface area contributed by atoms with Gasteiger partial charge in [-0.2, -0.15) is 0 Å². The number of methoxy groups -OCH3 is 1. The van der Waals surface area contributed by atoms with Crippen LogP contribution in [0.2, 0.25) is 0 Å². The van der Waals surface area contributed by atoms with Crippen molar-refractivity contribution >= 4 is 5.97 Å². The van der Waals surface area contributed by atoms with Gasteiger partial charge in [-0.1, -0.05) is 0 Å². The van der Waals surface area contributed by atoms with Crippen molar-refractivity contribution in [2.75, 3.05) is 7.11 Å². The van der Waals surface area contributed by atoms with E-state index in [1.54, 1.807) is 0 Å². The van der Waals surface area contributed by atoms with Gasteiger partial charge in [0.1, 0.15) is 5.82 Å². The summed E-state index contributed by atoms with van der Waals surface area (Å²) in [6.07, 6.45) is 2.27. The fourth-order valence-corrected chi connectivity index (χ4v) is 2.34. The Kier molecular flexibility index (Phi) is 2.69. The molecule has 0 aliphatic heterocycles. The Labute approximate surface area is 111 Å². The number of carbonyl (C=O) groups is 1. The average molecular weight is 259 g/mol. The van der Waals surface area contributed by atoms with Crippen LogP contribution in [0.5, 0.6) is 0 Å². The molecule has 3 rings (SSSR count). The molecule has 0 amide bonds. The van der Waals surface area contributed by atoms with E-state index in [0.29, 0.717) is 17.4 Å². The molecule has 1 aliphatic rings. The lowest BCUT2D eigenvalue weighted by molar-refractivity contribution is 0.0594. The van der Waals surface area contributed by atoms with Crippen LogP contribution in [-0.2, 0) is 4.74 Å². The van der Waals surface area contributed by atoms with Crippen LogP contribution in [0.25, 0.3) is 5.82 Å². The standard InChI is InChI=1S/C14H17N3O2/c1-8-4-5-9(2)17(8)13-11(14(18)19-3)15-12(16-13)10-6-7-10/h4-5,10H,6-7H2,1-3H3,(H,15,16). The van der Waals surface area contributed by atoms with Crippen molar-refractivity contribution in [2.24, 2.45) is 0 Å². The third-order valence-corrected chi connectivity index (χ3v) is 3.54. The number of imidazole rings is 1. The normalized spacial score (nSPS) is 14.7. The van der Waals surface area contributed by atoms with Crippen molar-refractivity contribution in [1.29, 1.82) is 0 Å². The minimum Gasteiger partial charge on any atom is -0.464 e. The smallest absolute Gasteiger partial charge is 0.358 e. The van der Waals surface area contributed by atoms with E-state index < -0.39 is 0 Å². The van der Waals surface area contributed by atoms with Crippen LogP contribution >= 0.6 is 0 Å². The third-order valence-electron chi connectivity index (χ3n) is 3.54. The average Bonchev–Trinajstić information content (AvgIpc) is 3.08. The van der Waals surface area contributed by atoms with E-state index in [0.717, 1.165) is 30.1 Å². The molecule has 5 heteroatoms. The summed E-state index contributed by atoms with van der Waals surface area (Å²) in [7, 11) is 1.39. The molecule has 1 aliphatic carbocycles. The molecule has 5 nitrogen and oxygen atoms in total. The second-order valence-electron chi connectivity index (χ2n) is 5.04. The Morgan fingerprint density at radius 1 is 1.37 bits per heavy atom. The predicted molar refractivity (Wildman–Crippen MR) is 70.7 cm³/mol. The van der Waals surface area contributed by atoms with E-state index in [-0.39, 0.29) is 5.97 Å². The number of ether oxygens (including phenoxy) is 1. The lowest BCUT2D eigenvalue weighted by Gasteiger charge is -2.07. The molecule has 0 aromatic carbocycles. The van der Waals surface area contributed by atoms with Crippen molar-refractivity contribution in [2.45, 2.75) is 32.6 Å². The minimum absolute atomic E-state index is 0.373. The number of aromatic amines is 1. The first-order valence-electron chi connectivity index (χ1n) is 6.45. The molecule has 0 radical (unpaired) electrons. The van der Waals surface area contributed by atoms with Crippen LogP contribution in [0.15, 0.2) is 12.1 Å².